The first-order valence-electron chi connectivity index (χ1n) is 7.59. The van der Waals surface area contributed by atoms with Gasteiger partial charge in [-0.15, -0.1) is 0 Å². The van der Waals surface area contributed by atoms with Gasteiger partial charge in [0.15, 0.2) is 5.78 Å². The van der Waals surface area contributed by atoms with Gasteiger partial charge in [0.1, 0.15) is 11.5 Å². The van der Waals surface area contributed by atoms with Crippen LogP contribution < -0.4 is 4.74 Å². The highest BCUT2D eigenvalue weighted by molar-refractivity contribution is 5.98. The van der Waals surface area contributed by atoms with Gasteiger partial charge < -0.3 is 9.84 Å². The van der Waals surface area contributed by atoms with Crippen LogP contribution >= 0.6 is 0 Å². The highest BCUT2D eigenvalue weighted by Crippen LogP contribution is 2.29. The van der Waals surface area contributed by atoms with Crippen LogP contribution in [0.4, 0.5) is 0 Å². The van der Waals surface area contributed by atoms with Gasteiger partial charge in [-0.2, -0.15) is 0 Å². The summed E-state index contributed by atoms with van der Waals surface area (Å²) in [5, 5.41) is 10.0. The van der Waals surface area contributed by atoms with Crippen LogP contribution in [0.15, 0.2) is 12.1 Å². The van der Waals surface area contributed by atoms with Gasteiger partial charge in [0, 0.05) is 6.07 Å². The van der Waals surface area contributed by atoms with E-state index in [4.69, 9.17) is 4.74 Å². The SMILES string of the molecule is CCCCCCCc1cc(OCC)cc(O)c1C(C)=O. The molecule has 0 unspecified atom stereocenters. The molecule has 3 heteroatoms. The zero-order chi connectivity index (χ0) is 15.0. The molecule has 1 rings (SSSR count). The molecule has 0 amide bonds. The summed E-state index contributed by atoms with van der Waals surface area (Å²) in [6, 6.07) is 3.42. The Morgan fingerprint density at radius 3 is 2.45 bits per heavy atom. The summed E-state index contributed by atoms with van der Waals surface area (Å²) < 4.78 is 5.44. The highest BCUT2D eigenvalue weighted by atomic mass is 16.5. The summed E-state index contributed by atoms with van der Waals surface area (Å²) in [6.45, 7) is 6.14. The van der Waals surface area contributed by atoms with E-state index in [1.54, 1.807) is 0 Å². The average Bonchev–Trinajstić information content (AvgIpc) is 2.38. The van der Waals surface area contributed by atoms with Crippen LogP contribution in [0, 0.1) is 0 Å². The van der Waals surface area contributed by atoms with E-state index in [9.17, 15) is 9.90 Å². The average molecular weight is 278 g/mol. The maximum absolute atomic E-state index is 11.7. The number of ether oxygens (including phenoxy) is 1. The Kier molecular flexibility index (Phi) is 7.13. The molecule has 1 aromatic carbocycles. The molecule has 0 saturated carbocycles. The van der Waals surface area contributed by atoms with Crippen molar-refractivity contribution >= 4 is 5.78 Å². The maximum atomic E-state index is 11.7. The molecular formula is C17H26O3. The van der Waals surface area contributed by atoms with Gasteiger partial charge in [0.2, 0.25) is 0 Å². The van der Waals surface area contributed by atoms with E-state index in [-0.39, 0.29) is 11.5 Å². The topological polar surface area (TPSA) is 46.5 Å². The third kappa shape index (κ3) is 4.87. The lowest BCUT2D eigenvalue weighted by Gasteiger charge is -2.12. The lowest BCUT2D eigenvalue weighted by atomic mass is 9.97. The molecule has 0 spiro atoms. The summed E-state index contributed by atoms with van der Waals surface area (Å²) in [6.07, 6.45) is 6.71. The van der Waals surface area contributed by atoms with Crippen molar-refractivity contribution in [3.63, 3.8) is 0 Å². The number of rotatable bonds is 9. The van der Waals surface area contributed by atoms with E-state index in [1.165, 1.54) is 32.3 Å². The van der Waals surface area contributed by atoms with Crippen molar-refractivity contribution in [2.45, 2.75) is 59.3 Å². The predicted molar refractivity (Wildman–Crippen MR) is 81.7 cm³/mol. The highest BCUT2D eigenvalue weighted by Gasteiger charge is 2.14. The number of carbonyl (C=O) groups is 1. The second-order valence-electron chi connectivity index (χ2n) is 5.13. The van der Waals surface area contributed by atoms with E-state index < -0.39 is 0 Å². The number of unbranched alkanes of at least 4 members (excludes halogenated alkanes) is 4. The van der Waals surface area contributed by atoms with Crippen molar-refractivity contribution in [3.05, 3.63) is 23.3 Å². The van der Waals surface area contributed by atoms with Crippen LogP contribution in [-0.4, -0.2) is 17.5 Å². The molecule has 0 saturated heterocycles. The molecule has 0 bridgehead atoms. The number of aromatic hydroxyl groups is 1. The van der Waals surface area contributed by atoms with E-state index >= 15 is 0 Å². The fourth-order valence-electron chi connectivity index (χ4n) is 2.43. The van der Waals surface area contributed by atoms with Gasteiger partial charge >= 0.3 is 0 Å². The van der Waals surface area contributed by atoms with E-state index in [2.05, 4.69) is 6.92 Å². The molecule has 1 aromatic rings. The van der Waals surface area contributed by atoms with Crippen molar-refractivity contribution in [3.8, 4) is 11.5 Å². The molecule has 0 heterocycles. The number of phenols is 1. The monoisotopic (exact) mass is 278 g/mol. The molecule has 0 atom stereocenters. The predicted octanol–water partition coefficient (Wildman–Crippen LogP) is 4.51. The Hall–Kier alpha value is -1.51. The van der Waals surface area contributed by atoms with Crippen molar-refractivity contribution in [2.24, 2.45) is 0 Å². The molecule has 0 radical (unpaired) electrons. The number of carbonyl (C=O) groups excluding carboxylic acids is 1. The Balaban J connectivity index is 2.81. The van der Waals surface area contributed by atoms with Crippen LogP contribution in [0.3, 0.4) is 0 Å². The minimum absolute atomic E-state index is 0.0343. The number of hydrogen-bond donors (Lipinski definition) is 1. The van der Waals surface area contributed by atoms with E-state index in [0.717, 1.165) is 24.8 Å². The summed E-state index contributed by atoms with van der Waals surface area (Å²) >= 11 is 0. The normalized spacial score (nSPS) is 10.6. The number of benzene rings is 1. The molecule has 3 nitrogen and oxygen atoms in total. The molecule has 112 valence electrons. The minimum atomic E-state index is -0.0888. The molecule has 20 heavy (non-hydrogen) atoms. The molecular weight excluding hydrogens is 252 g/mol. The Labute approximate surface area is 122 Å². The van der Waals surface area contributed by atoms with Crippen LogP contribution in [0.5, 0.6) is 11.5 Å². The van der Waals surface area contributed by atoms with Crippen molar-refractivity contribution < 1.29 is 14.6 Å². The molecule has 0 aromatic heterocycles. The minimum Gasteiger partial charge on any atom is -0.507 e. The summed E-state index contributed by atoms with van der Waals surface area (Å²) in [5.74, 6) is 0.583. The summed E-state index contributed by atoms with van der Waals surface area (Å²) in [5.41, 5.74) is 1.35. The molecule has 1 N–H and O–H groups in total. The standard InChI is InChI=1S/C17H26O3/c1-4-6-7-8-9-10-14-11-15(20-5-2)12-16(19)17(14)13(3)18/h11-12,19H,4-10H2,1-3H3. The van der Waals surface area contributed by atoms with Gasteiger partial charge in [0.25, 0.3) is 0 Å². The van der Waals surface area contributed by atoms with Gasteiger partial charge in [-0.25, -0.2) is 0 Å². The second kappa shape index (κ2) is 8.62. The molecule has 0 aliphatic rings. The van der Waals surface area contributed by atoms with Gasteiger partial charge in [-0.3, -0.25) is 4.79 Å². The zero-order valence-corrected chi connectivity index (χ0v) is 12.9. The van der Waals surface area contributed by atoms with Crippen molar-refractivity contribution in [1.29, 1.82) is 0 Å². The fourth-order valence-corrected chi connectivity index (χ4v) is 2.43. The van der Waals surface area contributed by atoms with E-state index in [0.29, 0.717) is 17.9 Å². The largest absolute Gasteiger partial charge is 0.507 e. The van der Waals surface area contributed by atoms with Gasteiger partial charge in [0.05, 0.1) is 12.2 Å². The van der Waals surface area contributed by atoms with Crippen LogP contribution in [-0.2, 0) is 6.42 Å². The third-order valence-electron chi connectivity index (χ3n) is 3.39. The number of hydrogen-bond acceptors (Lipinski definition) is 3. The molecule has 0 aliphatic carbocycles. The molecule has 0 aliphatic heterocycles. The zero-order valence-electron chi connectivity index (χ0n) is 12.9. The Morgan fingerprint density at radius 1 is 1.15 bits per heavy atom. The van der Waals surface area contributed by atoms with Gasteiger partial charge in [-0.05, 0) is 38.3 Å². The van der Waals surface area contributed by atoms with Crippen LogP contribution in [0.1, 0.15) is 68.8 Å². The lowest BCUT2D eigenvalue weighted by Crippen LogP contribution is -2.02. The summed E-state index contributed by atoms with van der Waals surface area (Å²) in [4.78, 5) is 11.7. The number of phenolic OH excluding ortho intramolecular Hbond substituents is 1. The fraction of sp³-hybridized carbons (Fsp3) is 0.588. The Bertz CT molecular complexity index is 438. The van der Waals surface area contributed by atoms with Crippen molar-refractivity contribution in [1.82, 2.24) is 0 Å². The number of ketones is 1. The first-order valence-corrected chi connectivity index (χ1v) is 7.59. The Morgan fingerprint density at radius 2 is 1.85 bits per heavy atom. The van der Waals surface area contributed by atoms with E-state index in [1.807, 2.05) is 13.0 Å². The smallest absolute Gasteiger partial charge is 0.163 e. The molecule has 0 fully saturated rings. The third-order valence-corrected chi connectivity index (χ3v) is 3.39. The first kappa shape index (κ1) is 16.5. The van der Waals surface area contributed by atoms with Crippen LogP contribution in [0.25, 0.3) is 0 Å². The number of aryl methyl sites for hydroxylation is 1. The first-order chi connectivity index (χ1) is 9.60. The second-order valence-corrected chi connectivity index (χ2v) is 5.13. The number of Topliss-reactive ketones (excluding diaryl/α,β-unsaturated/α-hetero) is 1. The lowest BCUT2D eigenvalue weighted by molar-refractivity contribution is 0.101. The quantitative estimate of drug-likeness (QED) is 0.534. The van der Waals surface area contributed by atoms with Crippen molar-refractivity contribution in [2.75, 3.05) is 6.61 Å². The van der Waals surface area contributed by atoms with Crippen LogP contribution in [0.2, 0.25) is 0 Å². The summed E-state index contributed by atoms with van der Waals surface area (Å²) in [7, 11) is 0. The maximum Gasteiger partial charge on any atom is 0.163 e. The van der Waals surface area contributed by atoms with Gasteiger partial charge in [-0.1, -0.05) is 32.6 Å².